The third-order valence-electron chi connectivity index (χ3n) is 12.4. The van der Waals surface area contributed by atoms with Crippen LogP contribution in [0.5, 0.6) is 11.6 Å². The molecule has 2 saturated carbocycles. The van der Waals surface area contributed by atoms with Crippen LogP contribution in [0.4, 0.5) is 8.78 Å². The van der Waals surface area contributed by atoms with Crippen molar-refractivity contribution in [2.45, 2.75) is 106 Å². The topological polar surface area (TPSA) is 177 Å². The molecule has 326 valence electrons. The summed E-state index contributed by atoms with van der Waals surface area (Å²) in [5.74, 6) is -6.52. The molecule has 18 heteroatoms. The van der Waals surface area contributed by atoms with Crippen LogP contribution >= 0.6 is 11.6 Å². The van der Waals surface area contributed by atoms with Gasteiger partial charge in [-0.25, -0.2) is 22.2 Å². The monoisotopic (exact) mass is 882 g/mol. The molecule has 3 aromatic rings. The van der Waals surface area contributed by atoms with E-state index in [1.54, 1.807) is 42.6 Å². The maximum absolute atomic E-state index is 14.8. The molecule has 5 atom stereocenters. The molecule has 1 aromatic carbocycles. The summed E-state index contributed by atoms with van der Waals surface area (Å²) in [5, 5.41) is 3.56. The molecule has 0 bridgehead atoms. The van der Waals surface area contributed by atoms with Gasteiger partial charge in [0.25, 0.3) is 11.8 Å². The first kappa shape index (κ1) is 42.8. The van der Waals surface area contributed by atoms with Crippen LogP contribution in [0.1, 0.15) is 77.0 Å². The number of sulfonamides is 1. The number of methoxy groups -OCH3 is 1. The number of carbonyl (C=O) groups excluding carboxylic acids is 4. The van der Waals surface area contributed by atoms with Crippen molar-refractivity contribution in [3.8, 4) is 23.0 Å². The predicted octanol–water partition coefficient (Wildman–Crippen LogP) is 5.57. The number of hydrogen-bond acceptors (Lipinski definition) is 10. The number of carbonyl (C=O) groups is 4. The summed E-state index contributed by atoms with van der Waals surface area (Å²) in [4.78, 5) is 68.7. The number of hydrogen-bond donors (Lipinski definition) is 2. The van der Waals surface area contributed by atoms with Crippen LogP contribution in [-0.2, 0) is 29.2 Å². The molecular formula is C43H49ClF2N6O8S. The molecule has 4 amide bonds. The minimum absolute atomic E-state index is 0.0595. The highest BCUT2D eigenvalue weighted by atomic mass is 35.5. The molecule has 61 heavy (non-hydrogen) atoms. The Bertz CT molecular complexity index is 2350. The van der Waals surface area contributed by atoms with E-state index in [2.05, 4.69) is 15.0 Å². The van der Waals surface area contributed by atoms with Gasteiger partial charge >= 0.3 is 0 Å². The molecule has 0 radical (unpaired) electrons. The van der Waals surface area contributed by atoms with E-state index in [0.29, 0.717) is 65.0 Å². The van der Waals surface area contributed by atoms with Crippen LogP contribution in [0.3, 0.4) is 0 Å². The minimum Gasteiger partial charge on any atom is -0.495 e. The lowest BCUT2D eigenvalue weighted by molar-refractivity contribution is -0.148. The summed E-state index contributed by atoms with van der Waals surface area (Å²) in [6.45, 7) is -0.689. The summed E-state index contributed by atoms with van der Waals surface area (Å²) >= 11 is 6.82. The Labute approximate surface area is 357 Å². The molecule has 2 aliphatic carbocycles. The lowest BCUT2D eigenvalue weighted by atomic mass is 9.94. The first-order valence-electron chi connectivity index (χ1n) is 20.9. The van der Waals surface area contributed by atoms with Crippen LogP contribution in [0, 0.1) is 11.8 Å². The number of aromatic nitrogens is 2. The van der Waals surface area contributed by atoms with E-state index in [4.69, 9.17) is 26.1 Å². The number of benzene rings is 1. The number of allylic oxidation sites excluding steroid dienone is 1. The quantitative estimate of drug-likeness (QED) is 0.258. The first-order chi connectivity index (χ1) is 29.2. The lowest BCUT2D eigenvalue weighted by Gasteiger charge is -2.34. The first-order valence-corrected chi connectivity index (χ1v) is 22.9. The maximum atomic E-state index is 14.8. The molecule has 2 aromatic heterocycles. The number of ether oxygens (including phenoxy) is 2. The third kappa shape index (κ3) is 9.18. The van der Waals surface area contributed by atoms with Crippen molar-refractivity contribution in [3.05, 3.63) is 59.8 Å². The number of amides is 4. The Morgan fingerprint density at radius 3 is 2.61 bits per heavy atom. The van der Waals surface area contributed by atoms with Gasteiger partial charge in [-0.3, -0.25) is 28.9 Å². The highest BCUT2D eigenvalue weighted by Crippen LogP contribution is 2.46. The average Bonchev–Trinajstić information content (AvgIpc) is 4.16. The SMILES string of the molecule is COc1ccc2c(O[C@@H]3C[C@H]4C(=O)N[C@]5(C(=O)NS(=O)(=O)C6CC6)CC5/C=C\CCCCC[C@H](CC(=O)N5CCCC(F)(F)C5)C(=O)N4C3)nc(-c3ccccn3)cc2c1Cl. The number of alkyl halides is 2. The minimum atomic E-state index is -3.96. The molecule has 4 fully saturated rings. The fraction of sp³-hybridized carbons (Fsp3) is 0.535. The van der Waals surface area contributed by atoms with Crippen molar-refractivity contribution in [1.82, 2.24) is 29.8 Å². The van der Waals surface area contributed by atoms with Gasteiger partial charge in [0.1, 0.15) is 23.4 Å². The molecule has 1 unspecified atom stereocenters. The summed E-state index contributed by atoms with van der Waals surface area (Å²) in [6, 6.07) is 9.30. The molecule has 3 aliphatic heterocycles. The lowest BCUT2D eigenvalue weighted by Crippen LogP contribution is -2.57. The van der Waals surface area contributed by atoms with Crippen molar-refractivity contribution in [2.75, 3.05) is 26.7 Å². The van der Waals surface area contributed by atoms with E-state index in [1.165, 1.54) is 12.0 Å². The zero-order valence-corrected chi connectivity index (χ0v) is 35.4. The standard InChI is InChI=1S/C43H49ClF2N6O8S/c1-59-35-16-15-30-31(37(35)44)22-33(32-12-7-8-18-47-32)48-39(30)60-28-21-34-38(54)49-43(41(56)50-61(57,58)29-13-14-29)23-27(43)11-6-4-2-3-5-10-26(40(55)52(34)24-28)20-36(53)51-19-9-17-42(45,46)25-51/h6-8,11-12,15-16,18,22,26-29,34H,2-5,9-10,13-14,17,19-21,23-25H2,1H3,(H,49,54)(H,50,56)/b11-6-/t26-,27?,28-,34+,43-/m1/s1. The number of pyridine rings is 2. The number of likely N-dealkylation sites (tertiary alicyclic amines) is 1. The molecular weight excluding hydrogens is 834 g/mol. The second kappa shape index (κ2) is 17.1. The number of fused-ring (bicyclic) bond motifs is 3. The summed E-state index contributed by atoms with van der Waals surface area (Å²) in [7, 11) is -2.46. The summed E-state index contributed by atoms with van der Waals surface area (Å²) in [5.41, 5.74) is -0.618. The number of halogens is 3. The van der Waals surface area contributed by atoms with Crippen LogP contribution < -0.4 is 19.5 Å². The van der Waals surface area contributed by atoms with Crippen LogP contribution in [0.25, 0.3) is 22.2 Å². The Morgan fingerprint density at radius 1 is 1.05 bits per heavy atom. The van der Waals surface area contributed by atoms with Gasteiger partial charge in [0.2, 0.25) is 33.6 Å². The zero-order chi connectivity index (χ0) is 43.1. The smallest absolute Gasteiger partial charge is 0.265 e. The van der Waals surface area contributed by atoms with Crippen LogP contribution in [0.15, 0.2) is 54.7 Å². The van der Waals surface area contributed by atoms with Gasteiger partial charge in [0.05, 0.1) is 41.9 Å². The molecule has 5 aliphatic rings. The van der Waals surface area contributed by atoms with E-state index in [-0.39, 0.29) is 57.5 Å². The van der Waals surface area contributed by atoms with Gasteiger partial charge in [-0.15, -0.1) is 0 Å². The molecule has 8 rings (SSSR count). The van der Waals surface area contributed by atoms with Gasteiger partial charge in [-0.1, -0.05) is 42.7 Å². The van der Waals surface area contributed by atoms with Gasteiger partial charge in [-0.2, -0.15) is 0 Å². The van der Waals surface area contributed by atoms with E-state index < -0.39 is 80.9 Å². The average molecular weight is 883 g/mol. The zero-order valence-electron chi connectivity index (χ0n) is 33.8. The number of nitrogens with one attached hydrogen (secondary N) is 2. The fourth-order valence-electron chi connectivity index (χ4n) is 8.79. The van der Waals surface area contributed by atoms with Gasteiger partial charge < -0.3 is 24.6 Å². The molecule has 2 N–H and O–H groups in total. The summed E-state index contributed by atoms with van der Waals surface area (Å²) in [6.07, 6.45) is 7.88. The highest BCUT2D eigenvalue weighted by Gasteiger charge is 2.62. The van der Waals surface area contributed by atoms with Crippen molar-refractivity contribution in [1.29, 1.82) is 0 Å². The molecule has 2 saturated heterocycles. The predicted molar refractivity (Wildman–Crippen MR) is 221 cm³/mol. The highest BCUT2D eigenvalue weighted by molar-refractivity contribution is 7.91. The van der Waals surface area contributed by atoms with Crippen molar-refractivity contribution >= 4 is 56.0 Å². The molecule has 14 nitrogen and oxygen atoms in total. The number of nitrogens with zero attached hydrogens (tertiary/aromatic N) is 4. The normalized spacial score (nSPS) is 27.5. The van der Waals surface area contributed by atoms with Crippen LogP contribution in [0.2, 0.25) is 5.02 Å². The van der Waals surface area contributed by atoms with Gasteiger partial charge in [-0.05, 0) is 75.3 Å². The second-order valence-corrected chi connectivity index (χ2v) is 19.2. The van der Waals surface area contributed by atoms with Crippen LogP contribution in [-0.4, -0.2) is 107 Å². The second-order valence-electron chi connectivity index (χ2n) is 16.9. The van der Waals surface area contributed by atoms with E-state index in [9.17, 15) is 36.4 Å². The van der Waals surface area contributed by atoms with Gasteiger partial charge in [0, 0.05) is 54.6 Å². The Balaban J connectivity index is 1.14. The van der Waals surface area contributed by atoms with Crippen molar-refractivity contribution in [3.63, 3.8) is 0 Å². The Hall–Kier alpha value is -4.90. The van der Waals surface area contributed by atoms with Crippen molar-refractivity contribution < 1.29 is 45.9 Å². The Kier molecular flexibility index (Phi) is 12.0. The van der Waals surface area contributed by atoms with E-state index in [1.807, 2.05) is 12.2 Å². The van der Waals surface area contributed by atoms with E-state index in [0.717, 1.165) is 11.3 Å². The maximum Gasteiger partial charge on any atom is 0.265 e. The molecule has 5 heterocycles. The fourth-order valence-corrected chi connectivity index (χ4v) is 10.4. The van der Waals surface area contributed by atoms with Crippen molar-refractivity contribution in [2.24, 2.45) is 11.8 Å². The third-order valence-corrected chi connectivity index (χ3v) is 14.6. The Morgan fingerprint density at radius 2 is 1.87 bits per heavy atom. The number of piperidine rings is 1. The molecule has 0 spiro atoms. The van der Waals surface area contributed by atoms with E-state index >= 15 is 0 Å². The van der Waals surface area contributed by atoms with Gasteiger partial charge in [0.15, 0.2) is 0 Å². The number of rotatable bonds is 9. The summed E-state index contributed by atoms with van der Waals surface area (Å²) < 4.78 is 69.1. The largest absolute Gasteiger partial charge is 0.495 e.